The molecule has 0 aliphatic rings. The lowest BCUT2D eigenvalue weighted by molar-refractivity contribution is -0.274. The Hall–Kier alpha value is -3.53. The summed E-state index contributed by atoms with van der Waals surface area (Å²) in [6.07, 6.45) is -3.66. The number of halogens is 3. The number of aryl methyl sites for hydroxylation is 2. The molecule has 0 aromatic heterocycles. The number of alkyl halides is 3. The minimum absolute atomic E-state index is 0.0876. The molecule has 0 bridgehead atoms. The van der Waals surface area contributed by atoms with Gasteiger partial charge in [-0.15, -0.1) is 13.2 Å². The Bertz CT molecular complexity index is 1250. The summed E-state index contributed by atoms with van der Waals surface area (Å²) in [4.78, 5) is 12.5. The van der Waals surface area contributed by atoms with Gasteiger partial charge in [0.25, 0.3) is 5.91 Å². The SMILES string of the molecule is Cc1cc(C)cc(N(Cc2ccc(C(=O)Nc3ccc(OC(F)(F)F)cc3)cc2)S(C)(=O)=O)c1. The highest BCUT2D eigenvalue weighted by Crippen LogP contribution is 2.25. The molecular weight excluding hydrogens is 469 g/mol. The first kappa shape index (κ1) is 25.1. The van der Waals surface area contributed by atoms with E-state index in [9.17, 15) is 26.4 Å². The van der Waals surface area contributed by atoms with E-state index in [4.69, 9.17) is 0 Å². The monoisotopic (exact) mass is 492 g/mol. The van der Waals surface area contributed by atoms with Crippen molar-refractivity contribution in [1.82, 2.24) is 0 Å². The van der Waals surface area contributed by atoms with Gasteiger partial charge in [-0.25, -0.2) is 8.42 Å². The average molecular weight is 493 g/mol. The molecule has 180 valence electrons. The summed E-state index contributed by atoms with van der Waals surface area (Å²) in [6.45, 7) is 3.87. The number of ether oxygens (including phenoxy) is 1. The third-order valence-corrected chi connectivity index (χ3v) is 5.92. The van der Waals surface area contributed by atoms with Gasteiger partial charge in [-0.3, -0.25) is 9.10 Å². The average Bonchev–Trinajstić information content (AvgIpc) is 2.71. The molecular formula is C24H23F3N2O4S. The zero-order valence-corrected chi connectivity index (χ0v) is 19.5. The van der Waals surface area contributed by atoms with E-state index in [0.717, 1.165) is 29.5 Å². The fourth-order valence-corrected chi connectivity index (χ4v) is 4.24. The number of amides is 1. The number of carbonyl (C=O) groups is 1. The normalized spacial score (nSPS) is 11.7. The first-order valence-electron chi connectivity index (χ1n) is 10.1. The number of rotatable bonds is 7. The summed E-state index contributed by atoms with van der Waals surface area (Å²) in [5.41, 5.74) is 3.70. The summed E-state index contributed by atoms with van der Waals surface area (Å²) in [6, 6.07) is 16.7. The summed E-state index contributed by atoms with van der Waals surface area (Å²) < 4.78 is 66.7. The third-order valence-electron chi connectivity index (χ3n) is 4.78. The van der Waals surface area contributed by atoms with Gasteiger partial charge >= 0.3 is 6.36 Å². The number of sulfonamides is 1. The maximum Gasteiger partial charge on any atom is 0.573 e. The summed E-state index contributed by atoms with van der Waals surface area (Å²) in [7, 11) is -3.56. The van der Waals surface area contributed by atoms with Gasteiger partial charge in [0.15, 0.2) is 0 Å². The van der Waals surface area contributed by atoms with Crippen LogP contribution in [0, 0.1) is 13.8 Å². The quantitative estimate of drug-likeness (QED) is 0.478. The van der Waals surface area contributed by atoms with E-state index >= 15 is 0 Å². The molecule has 3 aromatic rings. The molecule has 6 nitrogen and oxygen atoms in total. The van der Waals surface area contributed by atoms with Gasteiger partial charge in [0.05, 0.1) is 18.5 Å². The predicted molar refractivity (Wildman–Crippen MR) is 124 cm³/mol. The third kappa shape index (κ3) is 6.98. The molecule has 0 fully saturated rings. The fraction of sp³-hybridized carbons (Fsp3) is 0.208. The van der Waals surface area contributed by atoms with Crippen molar-refractivity contribution in [3.05, 3.63) is 89.0 Å². The Balaban J connectivity index is 1.71. The summed E-state index contributed by atoms with van der Waals surface area (Å²) in [5, 5.41) is 2.59. The molecule has 0 radical (unpaired) electrons. The van der Waals surface area contributed by atoms with Gasteiger partial charge in [0, 0.05) is 11.3 Å². The van der Waals surface area contributed by atoms with Crippen LogP contribution in [0.5, 0.6) is 5.75 Å². The van der Waals surface area contributed by atoms with Crippen LogP contribution in [0.4, 0.5) is 24.5 Å². The van der Waals surface area contributed by atoms with E-state index < -0.39 is 28.0 Å². The van der Waals surface area contributed by atoms with Crippen LogP contribution < -0.4 is 14.4 Å². The summed E-state index contributed by atoms with van der Waals surface area (Å²) in [5.74, 6) is -0.862. The second-order valence-electron chi connectivity index (χ2n) is 7.84. The van der Waals surface area contributed by atoms with Gasteiger partial charge in [0.1, 0.15) is 5.75 Å². The molecule has 1 N–H and O–H groups in total. The van der Waals surface area contributed by atoms with Crippen molar-refractivity contribution >= 4 is 27.3 Å². The molecule has 0 spiro atoms. The lowest BCUT2D eigenvalue weighted by Gasteiger charge is -2.23. The zero-order chi connectivity index (χ0) is 25.1. The highest BCUT2D eigenvalue weighted by Gasteiger charge is 2.31. The van der Waals surface area contributed by atoms with E-state index in [1.807, 2.05) is 19.9 Å². The van der Waals surface area contributed by atoms with Gasteiger partial charge in [-0.2, -0.15) is 0 Å². The maximum atomic E-state index is 12.5. The topological polar surface area (TPSA) is 75.7 Å². The van der Waals surface area contributed by atoms with Crippen LogP contribution >= 0.6 is 0 Å². The number of carbonyl (C=O) groups excluding carboxylic acids is 1. The van der Waals surface area contributed by atoms with Crippen LogP contribution in [0.3, 0.4) is 0 Å². The Morgan fingerprint density at radius 1 is 0.941 bits per heavy atom. The van der Waals surface area contributed by atoms with Crippen molar-refractivity contribution in [2.75, 3.05) is 15.9 Å². The number of hydrogen-bond donors (Lipinski definition) is 1. The number of benzene rings is 3. The zero-order valence-electron chi connectivity index (χ0n) is 18.7. The highest BCUT2D eigenvalue weighted by molar-refractivity contribution is 7.92. The van der Waals surface area contributed by atoms with Crippen LogP contribution in [-0.4, -0.2) is 26.9 Å². The van der Waals surface area contributed by atoms with E-state index in [0.29, 0.717) is 22.5 Å². The van der Waals surface area contributed by atoms with Gasteiger partial charge in [-0.05, 0) is 79.1 Å². The van der Waals surface area contributed by atoms with Crippen LogP contribution in [0.2, 0.25) is 0 Å². The smallest absolute Gasteiger partial charge is 0.406 e. The van der Waals surface area contributed by atoms with Crippen LogP contribution in [0.15, 0.2) is 66.7 Å². The molecule has 1 amide bonds. The first-order chi connectivity index (χ1) is 15.8. The highest BCUT2D eigenvalue weighted by atomic mass is 32.2. The largest absolute Gasteiger partial charge is 0.573 e. The standard InChI is InChI=1S/C24H23F3N2O4S/c1-16-12-17(2)14-21(13-16)29(34(3,31)32)15-18-4-6-19(7-5-18)23(30)28-20-8-10-22(11-9-20)33-24(25,26)27/h4-14H,15H2,1-3H3,(H,28,30). The van der Waals surface area contributed by atoms with Crippen molar-refractivity contribution in [2.45, 2.75) is 26.8 Å². The van der Waals surface area contributed by atoms with E-state index in [2.05, 4.69) is 10.1 Å². The minimum Gasteiger partial charge on any atom is -0.406 e. The van der Waals surface area contributed by atoms with Gasteiger partial charge in [-0.1, -0.05) is 18.2 Å². The van der Waals surface area contributed by atoms with Crippen LogP contribution in [0.1, 0.15) is 27.0 Å². The van der Waals surface area contributed by atoms with Gasteiger partial charge in [0.2, 0.25) is 10.0 Å². The molecule has 0 saturated heterocycles. The number of nitrogens with one attached hydrogen (secondary N) is 1. The molecule has 0 heterocycles. The second kappa shape index (κ2) is 9.76. The molecule has 0 aliphatic heterocycles. The van der Waals surface area contributed by atoms with Gasteiger partial charge < -0.3 is 10.1 Å². The van der Waals surface area contributed by atoms with Crippen molar-refractivity contribution < 1.29 is 31.1 Å². The Morgan fingerprint density at radius 3 is 2.00 bits per heavy atom. The first-order valence-corrected chi connectivity index (χ1v) is 12.0. The second-order valence-corrected chi connectivity index (χ2v) is 9.75. The van der Waals surface area contributed by atoms with E-state index in [1.165, 1.54) is 16.4 Å². The van der Waals surface area contributed by atoms with E-state index in [-0.39, 0.29) is 6.54 Å². The predicted octanol–water partition coefficient (Wildman–Crippen LogP) is 5.42. The maximum absolute atomic E-state index is 12.5. The fourth-order valence-electron chi connectivity index (χ4n) is 3.37. The number of anilines is 2. The minimum atomic E-state index is -4.79. The lowest BCUT2D eigenvalue weighted by atomic mass is 10.1. The Kier molecular flexibility index (Phi) is 7.21. The molecule has 3 aromatic carbocycles. The molecule has 0 aliphatic carbocycles. The molecule has 0 unspecified atom stereocenters. The summed E-state index contributed by atoms with van der Waals surface area (Å²) >= 11 is 0. The van der Waals surface area contributed by atoms with Crippen molar-refractivity contribution in [1.29, 1.82) is 0 Å². The van der Waals surface area contributed by atoms with Crippen molar-refractivity contribution in [2.24, 2.45) is 0 Å². The Morgan fingerprint density at radius 2 is 1.50 bits per heavy atom. The molecule has 0 saturated carbocycles. The number of nitrogens with zero attached hydrogens (tertiary/aromatic N) is 1. The van der Waals surface area contributed by atoms with Crippen molar-refractivity contribution in [3.63, 3.8) is 0 Å². The molecule has 34 heavy (non-hydrogen) atoms. The lowest BCUT2D eigenvalue weighted by Crippen LogP contribution is -2.29. The van der Waals surface area contributed by atoms with E-state index in [1.54, 1.807) is 36.4 Å². The number of hydrogen-bond acceptors (Lipinski definition) is 4. The van der Waals surface area contributed by atoms with Crippen LogP contribution in [-0.2, 0) is 16.6 Å². The molecule has 0 atom stereocenters. The Labute approximate surface area is 196 Å². The van der Waals surface area contributed by atoms with Crippen LogP contribution in [0.25, 0.3) is 0 Å². The molecule has 3 rings (SSSR count). The van der Waals surface area contributed by atoms with Crippen molar-refractivity contribution in [3.8, 4) is 5.75 Å². The molecule has 10 heteroatoms.